The van der Waals surface area contributed by atoms with Crippen molar-refractivity contribution in [1.82, 2.24) is 4.90 Å². The molecule has 1 heterocycles. The molecular weight excluding hydrogens is 168 g/mol. The SMILES string of the molecule is Cc1ccc(CN(C)C(=O)CN)o1. The fraction of sp³-hybridized carbons (Fsp3) is 0.444. The van der Waals surface area contributed by atoms with Gasteiger partial charge >= 0.3 is 0 Å². The lowest BCUT2D eigenvalue weighted by Crippen LogP contribution is -2.31. The van der Waals surface area contributed by atoms with Gasteiger partial charge in [0.1, 0.15) is 11.5 Å². The summed E-state index contributed by atoms with van der Waals surface area (Å²) in [7, 11) is 1.70. The zero-order valence-corrected chi connectivity index (χ0v) is 7.91. The summed E-state index contributed by atoms with van der Waals surface area (Å²) in [6, 6.07) is 3.73. The Hall–Kier alpha value is -1.29. The second-order valence-electron chi connectivity index (χ2n) is 2.97. The van der Waals surface area contributed by atoms with Crippen LogP contribution in [0.2, 0.25) is 0 Å². The van der Waals surface area contributed by atoms with Crippen molar-refractivity contribution in [1.29, 1.82) is 0 Å². The van der Waals surface area contributed by atoms with E-state index in [1.165, 1.54) is 4.90 Å². The number of likely N-dealkylation sites (N-methyl/N-ethyl adjacent to an activating group) is 1. The molecule has 1 aromatic rings. The van der Waals surface area contributed by atoms with Crippen LogP contribution in [0.15, 0.2) is 16.5 Å². The predicted molar refractivity (Wildman–Crippen MR) is 49.0 cm³/mol. The Morgan fingerprint density at radius 2 is 2.31 bits per heavy atom. The van der Waals surface area contributed by atoms with Gasteiger partial charge < -0.3 is 15.1 Å². The first-order chi connectivity index (χ1) is 6.13. The number of carbonyl (C=O) groups is 1. The van der Waals surface area contributed by atoms with Crippen molar-refractivity contribution < 1.29 is 9.21 Å². The molecule has 0 saturated heterocycles. The average molecular weight is 182 g/mol. The molecule has 13 heavy (non-hydrogen) atoms. The number of amides is 1. The lowest BCUT2D eigenvalue weighted by atomic mass is 10.4. The smallest absolute Gasteiger partial charge is 0.236 e. The number of carbonyl (C=O) groups excluding carboxylic acids is 1. The van der Waals surface area contributed by atoms with Crippen molar-refractivity contribution >= 4 is 5.91 Å². The third-order valence-corrected chi connectivity index (χ3v) is 1.79. The van der Waals surface area contributed by atoms with Crippen LogP contribution in [0.5, 0.6) is 0 Å². The first kappa shape index (κ1) is 9.80. The van der Waals surface area contributed by atoms with Crippen LogP contribution in [-0.4, -0.2) is 24.4 Å². The van der Waals surface area contributed by atoms with Gasteiger partial charge in [0.15, 0.2) is 0 Å². The summed E-state index contributed by atoms with van der Waals surface area (Å²) in [4.78, 5) is 12.6. The largest absolute Gasteiger partial charge is 0.464 e. The number of hydrogen-bond donors (Lipinski definition) is 1. The Morgan fingerprint density at radius 3 is 2.77 bits per heavy atom. The van der Waals surface area contributed by atoms with E-state index in [0.29, 0.717) is 6.54 Å². The van der Waals surface area contributed by atoms with Crippen LogP contribution in [0, 0.1) is 6.92 Å². The maximum absolute atomic E-state index is 11.1. The summed E-state index contributed by atoms with van der Waals surface area (Å²) >= 11 is 0. The molecule has 4 nitrogen and oxygen atoms in total. The van der Waals surface area contributed by atoms with Gasteiger partial charge in [0, 0.05) is 7.05 Å². The van der Waals surface area contributed by atoms with Crippen LogP contribution in [0.25, 0.3) is 0 Å². The van der Waals surface area contributed by atoms with Crippen LogP contribution in [-0.2, 0) is 11.3 Å². The molecule has 0 aromatic carbocycles. The molecule has 1 rings (SSSR count). The Kier molecular flexibility index (Phi) is 3.08. The van der Waals surface area contributed by atoms with Crippen molar-refractivity contribution in [2.75, 3.05) is 13.6 Å². The van der Waals surface area contributed by atoms with E-state index in [9.17, 15) is 4.79 Å². The number of aryl methyl sites for hydroxylation is 1. The third-order valence-electron chi connectivity index (χ3n) is 1.79. The molecule has 0 aliphatic rings. The molecule has 2 N–H and O–H groups in total. The standard InChI is InChI=1S/C9H14N2O2/c1-7-3-4-8(13-7)6-11(2)9(12)5-10/h3-4H,5-6,10H2,1-2H3. The van der Waals surface area contributed by atoms with Crippen molar-refractivity contribution in [3.63, 3.8) is 0 Å². The molecule has 4 heteroatoms. The molecule has 0 aliphatic heterocycles. The van der Waals surface area contributed by atoms with Gasteiger partial charge in [0.05, 0.1) is 13.1 Å². The zero-order valence-electron chi connectivity index (χ0n) is 7.91. The summed E-state index contributed by atoms with van der Waals surface area (Å²) in [6.45, 7) is 2.38. The van der Waals surface area contributed by atoms with Crippen molar-refractivity contribution in [2.24, 2.45) is 5.73 Å². The number of rotatable bonds is 3. The molecule has 0 bridgehead atoms. The van der Waals surface area contributed by atoms with Gasteiger partial charge in [0.25, 0.3) is 0 Å². The van der Waals surface area contributed by atoms with Gasteiger partial charge in [-0.2, -0.15) is 0 Å². The third kappa shape index (κ3) is 2.59. The van der Waals surface area contributed by atoms with E-state index in [1.807, 2.05) is 19.1 Å². The van der Waals surface area contributed by atoms with Gasteiger partial charge in [-0.25, -0.2) is 0 Å². The molecule has 0 aliphatic carbocycles. The fourth-order valence-corrected chi connectivity index (χ4v) is 1.05. The number of furan rings is 1. The minimum absolute atomic E-state index is 0.0379. The molecule has 1 aromatic heterocycles. The van der Waals surface area contributed by atoms with Crippen molar-refractivity contribution in [3.8, 4) is 0 Å². The van der Waals surface area contributed by atoms with Crippen LogP contribution in [0.4, 0.5) is 0 Å². The minimum Gasteiger partial charge on any atom is -0.464 e. The van der Waals surface area contributed by atoms with E-state index in [-0.39, 0.29) is 12.5 Å². The van der Waals surface area contributed by atoms with Crippen molar-refractivity contribution in [3.05, 3.63) is 23.7 Å². The molecule has 0 spiro atoms. The molecule has 0 fully saturated rings. The average Bonchev–Trinajstić information content (AvgIpc) is 2.49. The first-order valence-corrected chi connectivity index (χ1v) is 4.13. The van der Waals surface area contributed by atoms with Crippen LogP contribution in [0.1, 0.15) is 11.5 Å². The summed E-state index contributed by atoms with van der Waals surface area (Å²) in [5, 5.41) is 0. The first-order valence-electron chi connectivity index (χ1n) is 4.13. The zero-order chi connectivity index (χ0) is 9.84. The maximum Gasteiger partial charge on any atom is 0.236 e. The fourth-order valence-electron chi connectivity index (χ4n) is 1.05. The van der Waals surface area contributed by atoms with Gasteiger partial charge in [-0.1, -0.05) is 0 Å². The quantitative estimate of drug-likeness (QED) is 0.740. The summed E-state index contributed by atoms with van der Waals surface area (Å²) in [5.41, 5.74) is 5.21. The normalized spacial score (nSPS) is 10.1. The summed E-state index contributed by atoms with van der Waals surface area (Å²) in [5.74, 6) is 1.54. The van der Waals surface area contributed by atoms with Crippen LogP contribution in [0.3, 0.4) is 0 Å². The van der Waals surface area contributed by atoms with E-state index in [0.717, 1.165) is 11.5 Å². The number of nitrogens with zero attached hydrogens (tertiary/aromatic N) is 1. The van der Waals surface area contributed by atoms with E-state index >= 15 is 0 Å². The topological polar surface area (TPSA) is 59.5 Å². The highest BCUT2D eigenvalue weighted by molar-refractivity contribution is 5.77. The lowest BCUT2D eigenvalue weighted by molar-refractivity contribution is -0.129. The monoisotopic (exact) mass is 182 g/mol. The van der Waals surface area contributed by atoms with Crippen molar-refractivity contribution in [2.45, 2.75) is 13.5 Å². The molecular formula is C9H14N2O2. The minimum atomic E-state index is -0.0888. The molecule has 1 amide bonds. The van der Waals surface area contributed by atoms with Gasteiger partial charge in [-0.3, -0.25) is 4.79 Å². The Balaban J connectivity index is 2.54. The van der Waals surface area contributed by atoms with E-state index in [1.54, 1.807) is 7.05 Å². The Bertz CT molecular complexity index is 294. The lowest BCUT2D eigenvalue weighted by Gasteiger charge is -2.13. The molecule has 0 radical (unpaired) electrons. The van der Waals surface area contributed by atoms with E-state index in [2.05, 4.69) is 0 Å². The number of nitrogens with two attached hydrogens (primary N) is 1. The number of hydrogen-bond acceptors (Lipinski definition) is 3. The molecule has 0 saturated carbocycles. The highest BCUT2D eigenvalue weighted by Gasteiger charge is 2.08. The maximum atomic E-state index is 11.1. The van der Waals surface area contributed by atoms with E-state index in [4.69, 9.17) is 10.2 Å². The van der Waals surface area contributed by atoms with Crippen LogP contribution < -0.4 is 5.73 Å². The molecule has 0 unspecified atom stereocenters. The highest BCUT2D eigenvalue weighted by Crippen LogP contribution is 2.08. The second kappa shape index (κ2) is 4.09. The van der Waals surface area contributed by atoms with E-state index < -0.39 is 0 Å². The summed E-state index contributed by atoms with van der Waals surface area (Å²) in [6.07, 6.45) is 0. The molecule has 0 atom stereocenters. The van der Waals surface area contributed by atoms with Gasteiger partial charge in [-0.15, -0.1) is 0 Å². The predicted octanol–water partition coefficient (Wildman–Crippen LogP) is 0.505. The highest BCUT2D eigenvalue weighted by atomic mass is 16.3. The Labute approximate surface area is 77.3 Å². The van der Waals surface area contributed by atoms with Crippen LogP contribution >= 0.6 is 0 Å². The summed E-state index contributed by atoms with van der Waals surface area (Å²) < 4.78 is 5.31. The van der Waals surface area contributed by atoms with Gasteiger partial charge in [-0.05, 0) is 19.1 Å². The molecule has 72 valence electrons. The second-order valence-corrected chi connectivity index (χ2v) is 2.97. The Morgan fingerprint density at radius 1 is 1.62 bits per heavy atom. The van der Waals surface area contributed by atoms with Gasteiger partial charge in [0.2, 0.25) is 5.91 Å².